The van der Waals surface area contributed by atoms with Gasteiger partial charge in [0, 0.05) is 29.4 Å². The summed E-state index contributed by atoms with van der Waals surface area (Å²) in [6.07, 6.45) is 5.09. The topological polar surface area (TPSA) is 93.1 Å². The number of amides is 1. The van der Waals surface area contributed by atoms with Gasteiger partial charge in [0.2, 0.25) is 5.91 Å². The van der Waals surface area contributed by atoms with Crippen molar-refractivity contribution in [2.24, 2.45) is 5.92 Å². The van der Waals surface area contributed by atoms with Crippen molar-refractivity contribution in [1.82, 2.24) is 14.9 Å². The van der Waals surface area contributed by atoms with Crippen molar-refractivity contribution in [1.29, 1.82) is 0 Å². The number of carbonyl (C=O) groups excluding carboxylic acids is 2. The lowest BCUT2D eigenvalue weighted by atomic mass is 10.0. The minimum Gasteiger partial charge on any atom is -0.320 e. The Hall–Kier alpha value is -4.09. The van der Waals surface area contributed by atoms with Crippen LogP contribution in [0.1, 0.15) is 46.9 Å². The molecule has 0 spiro atoms. The second-order valence-corrected chi connectivity index (χ2v) is 8.48. The van der Waals surface area contributed by atoms with Crippen LogP contribution in [0.4, 0.5) is 10.1 Å². The zero-order valence-corrected chi connectivity index (χ0v) is 19.5. The Balaban J connectivity index is 1.67. The van der Waals surface area contributed by atoms with Crippen molar-refractivity contribution < 1.29 is 14.0 Å². The minimum absolute atomic E-state index is 0.107. The molecule has 0 unspecified atom stereocenters. The smallest absolute Gasteiger partial charge is 0.275 e. The number of aromatic nitrogens is 2. The van der Waals surface area contributed by atoms with Crippen molar-refractivity contribution in [2.45, 2.75) is 32.4 Å². The van der Waals surface area contributed by atoms with Crippen LogP contribution in [-0.4, -0.2) is 34.3 Å². The highest BCUT2D eigenvalue weighted by Crippen LogP contribution is 2.27. The fourth-order valence-electron chi connectivity index (χ4n) is 3.36. The van der Waals surface area contributed by atoms with E-state index in [0.29, 0.717) is 28.3 Å². The molecule has 1 saturated carbocycles. The van der Waals surface area contributed by atoms with Crippen molar-refractivity contribution in [3.8, 4) is 11.8 Å². The van der Waals surface area contributed by atoms with E-state index in [1.165, 1.54) is 35.0 Å². The fourth-order valence-corrected chi connectivity index (χ4v) is 3.36. The van der Waals surface area contributed by atoms with Crippen LogP contribution in [-0.2, 0) is 11.3 Å². The lowest BCUT2D eigenvalue weighted by Crippen LogP contribution is -2.37. The van der Waals surface area contributed by atoms with Crippen LogP contribution < -0.4 is 16.2 Å². The molecule has 0 bridgehead atoms. The Morgan fingerprint density at radius 3 is 2.57 bits per heavy atom. The number of carbonyl (C=O) groups is 2. The molecule has 178 valence electrons. The van der Waals surface area contributed by atoms with Gasteiger partial charge in [-0.05, 0) is 80.8 Å². The van der Waals surface area contributed by atoms with Gasteiger partial charge in [0.15, 0.2) is 5.78 Å². The molecular formula is C27H25FN4O3. The van der Waals surface area contributed by atoms with Gasteiger partial charge in [-0.3, -0.25) is 23.9 Å². The summed E-state index contributed by atoms with van der Waals surface area (Å²) in [5.41, 5.74) is 1.51. The molecule has 35 heavy (non-hydrogen) atoms. The number of ketones is 1. The predicted molar refractivity (Wildman–Crippen MR) is 131 cm³/mol. The van der Waals surface area contributed by atoms with E-state index in [-0.39, 0.29) is 23.9 Å². The number of benzene rings is 1. The molecule has 1 aliphatic rings. The maximum absolute atomic E-state index is 13.3. The third-order valence-corrected chi connectivity index (χ3v) is 5.74. The van der Waals surface area contributed by atoms with Gasteiger partial charge in [0.25, 0.3) is 5.56 Å². The van der Waals surface area contributed by atoms with Gasteiger partial charge >= 0.3 is 0 Å². The summed E-state index contributed by atoms with van der Waals surface area (Å²) < 4.78 is 14.7. The number of nitrogens with zero attached hydrogens (tertiary/aromatic N) is 2. The molecule has 0 radical (unpaired) electrons. The maximum atomic E-state index is 13.3. The van der Waals surface area contributed by atoms with Gasteiger partial charge < -0.3 is 10.6 Å². The van der Waals surface area contributed by atoms with Crippen molar-refractivity contribution in [2.75, 3.05) is 12.4 Å². The second kappa shape index (κ2) is 10.5. The Morgan fingerprint density at radius 2 is 1.89 bits per heavy atom. The average molecular weight is 473 g/mol. The first kappa shape index (κ1) is 24.0. The first-order chi connectivity index (χ1) is 16.9. The van der Waals surface area contributed by atoms with Crippen LogP contribution in [0.3, 0.4) is 0 Å². The number of hydrogen-bond acceptors (Lipinski definition) is 5. The Bertz CT molecular complexity index is 1380. The highest BCUT2D eigenvalue weighted by Gasteiger charge is 2.19. The largest absolute Gasteiger partial charge is 0.320 e. The van der Waals surface area contributed by atoms with E-state index in [1.807, 2.05) is 0 Å². The fraction of sp³-hybridized carbons (Fsp3) is 0.259. The van der Waals surface area contributed by atoms with Crippen LogP contribution in [0.5, 0.6) is 0 Å². The van der Waals surface area contributed by atoms with E-state index in [2.05, 4.69) is 27.5 Å². The highest BCUT2D eigenvalue weighted by atomic mass is 19.1. The molecule has 0 saturated heterocycles. The lowest BCUT2D eigenvalue weighted by molar-refractivity contribution is -0.117. The predicted octanol–water partition coefficient (Wildman–Crippen LogP) is 2.97. The van der Waals surface area contributed by atoms with Crippen LogP contribution >= 0.6 is 0 Å². The Labute approximate surface area is 202 Å². The van der Waals surface area contributed by atoms with Gasteiger partial charge in [-0.1, -0.05) is 5.92 Å². The summed E-state index contributed by atoms with van der Waals surface area (Å²) in [6.45, 7) is 1.80. The molecule has 2 heterocycles. The number of pyridine rings is 2. The molecule has 1 amide bonds. The zero-order valence-electron chi connectivity index (χ0n) is 19.5. The molecule has 1 aliphatic carbocycles. The van der Waals surface area contributed by atoms with Crippen LogP contribution in [0.2, 0.25) is 0 Å². The van der Waals surface area contributed by atoms with Gasteiger partial charge in [-0.25, -0.2) is 4.39 Å². The van der Waals surface area contributed by atoms with E-state index < -0.39 is 17.4 Å². The van der Waals surface area contributed by atoms with E-state index in [4.69, 9.17) is 0 Å². The van der Waals surface area contributed by atoms with Crippen molar-refractivity contribution in [3.63, 3.8) is 0 Å². The number of nitrogens with one attached hydrogen (secondary N) is 2. The van der Waals surface area contributed by atoms with Gasteiger partial charge in [-0.2, -0.15) is 0 Å². The quantitative estimate of drug-likeness (QED) is 0.407. The molecule has 7 nitrogen and oxygen atoms in total. The zero-order chi connectivity index (χ0) is 24.9. The number of halogens is 1. The standard InChI is InChI=1S/C27H25FN4O3/c1-17(29-2)26(34)31-24-12-11-23(10-5-18-3-4-18)32(27(24)35)16-19-13-21(15-30-14-19)25(33)20-6-8-22(28)9-7-20/h6-9,11-15,17-18,29H,3-4,16H2,1-2H3,(H,31,34)/t17-/m1/s1. The molecule has 0 aliphatic heterocycles. The van der Waals surface area contributed by atoms with Crippen LogP contribution in [0, 0.1) is 23.6 Å². The van der Waals surface area contributed by atoms with Crippen molar-refractivity contribution in [3.05, 3.63) is 93.4 Å². The summed E-state index contributed by atoms with van der Waals surface area (Å²) in [5.74, 6) is 5.52. The van der Waals surface area contributed by atoms with Crippen LogP contribution in [0.15, 0.2) is 59.7 Å². The third-order valence-electron chi connectivity index (χ3n) is 5.74. The van der Waals surface area contributed by atoms with Gasteiger partial charge in [-0.15, -0.1) is 0 Å². The molecule has 1 atom stereocenters. The summed E-state index contributed by atoms with van der Waals surface area (Å²) >= 11 is 0. The molecular weight excluding hydrogens is 447 g/mol. The van der Waals surface area contributed by atoms with E-state index in [9.17, 15) is 18.8 Å². The van der Waals surface area contributed by atoms with Gasteiger partial charge in [0.05, 0.1) is 18.3 Å². The number of likely N-dealkylation sites (N-methyl/N-ethyl adjacent to an activating group) is 1. The molecule has 4 rings (SSSR count). The van der Waals surface area contributed by atoms with Crippen molar-refractivity contribution >= 4 is 17.4 Å². The average Bonchev–Trinajstić information content (AvgIpc) is 3.70. The van der Waals surface area contributed by atoms with E-state index >= 15 is 0 Å². The summed E-state index contributed by atoms with van der Waals surface area (Å²) in [5, 5.41) is 5.50. The molecule has 3 aromatic rings. The summed E-state index contributed by atoms with van der Waals surface area (Å²) in [4.78, 5) is 42.6. The summed E-state index contributed by atoms with van der Waals surface area (Å²) in [7, 11) is 1.66. The Morgan fingerprint density at radius 1 is 1.14 bits per heavy atom. The second-order valence-electron chi connectivity index (χ2n) is 8.48. The van der Waals surface area contributed by atoms with E-state index in [0.717, 1.165) is 12.8 Å². The number of hydrogen-bond donors (Lipinski definition) is 2. The SMILES string of the molecule is CN[C@H](C)C(=O)Nc1ccc(C#CC2CC2)n(Cc2cncc(C(=O)c3ccc(F)cc3)c2)c1=O. The molecule has 8 heteroatoms. The molecule has 1 fully saturated rings. The third kappa shape index (κ3) is 5.89. The molecule has 2 N–H and O–H groups in total. The molecule has 2 aromatic heterocycles. The first-order valence-electron chi connectivity index (χ1n) is 11.3. The minimum atomic E-state index is -0.476. The van der Waals surface area contributed by atoms with Crippen LogP contribution in [0.25, 0.3) is 0 Å². The Kier molecular flexibility index (Phi) is 7.18. The highest BCUT2D eigenvalue weighted by molar-refractivity contribution is 6.08. The number of rotatable bonds is 7. The first-order valence-corrected chi connectivity index (χ1v) is 11.3. The van der Waals surface area contributed by atoms with Gasteiger partial charge in [0.1, 0.15) is 11.5 Å². The normalized spacial score (nSPS) is 13.5. The monoisotopic (exact) mass is 472 g/mol. The summed E-state index contributed by atoms with van der Waals surface area (Å²) in [6, 6.07) is 9.72. The lowest BCUT2D eigenvalue weighted by Gasteiger charge is -2.14. The van der Waals surface area contributed by atoms with E-state index in [1.54, 1.807) is 38.4 Å². The number of anilines is 1. The molecule has 1 aromatic carbocycles. The maximum Gasteiger partial charge on any atom is 0.275 e.